The number of fused-ring (bicyclic) bond motifs is 1. The number of pyridine rings is 1. The summed E-state index contributed by atoms with van der Waals surface area (Å²) in [5.74, 6) is 1.57. The molecule has 1 saturated heterocycles. The number of aromatic nitrogens is 1. The van der Waals surface area contributed by atoms with Crippen LogP contribution >= 0.6 is 0 Å². The molecule has 2 atom stereocenters. The molecule has 0 bridgehead atoms. The molecule has 0 radical (unpaired) electrons. The van der Waals surface area contributed by atoms with E-state index in [0.717, 1.165) is 18.4 Å². The van der Waals surface area contributed by atoms with Crippen molar-refractivity contribution < 1.29 is 0 Å². The molecule has 2 heteroatoms. The summed E-state index contributed by atoms with van der Waals surface area (Å²) < 4.78 is 0. The third-order valence-corrected chi connectivity index (χ3v) is 3.85. The van der Waals surface area contributed by atoms with E-state index in [1.165, 1.54) is 36.1 Å². The lowest BCUT2D eigenvalue weighted by atomic mass is 9.78. The molecule has 0 unspecified atom stereocenters. The lowest BCUT2D eigenvalue weighted by molar-refractivity contribution is 0.454. The molecule has 1 aliphatic carbocycles. The molecule has 1 N–H and O–H groups in total. The van der Waals surface area contributed by atoms with Crippen molar-refractivity contribution >= 4 is 5.57 Å². The van der Waals surface area contributed by atoms with Crippen molar-refractivity contribution in [1.29, 1.82) is 0 Å². The van der Waals surface area contributed by atoms with Crippen LogP contribution in [-0.4, -0.2) is 18.1 Å². The van der Waals surface area contributed by atoms with Gasteiger partial charge in [-0.1, -0.05) is 6.08 Å². The first-order valence-corrected chi connectivity index (χ1v) is 6.17. The second-order valence-corrected chi connectivity index (χ2v) is 5.01. The summed E-state index contributed by atoms with van der Waals surface area (Å²) in [7, 11) is 0. The minimum atomic E-state index is 0.720. The van der Waals surface area contributed by atoms with Gasteiger partial charge in [-0.2, -0.15) is 0 Å². The molecule has 0 amide bonds. The van der Waals surface area contributed by atoms with E-state index in [1.54, 1.807) is 0 Å². The van der Waals surface area contributed by atoms with Crippen LogP contribution in [0.4, 0.5) is 0 Å². The van der Waals surface area contributed by atoms with Crippen LogP contribution in [0.2, 0.25) is 0 Å². The van der Waals surface area contributed by atoms with Gasteiger partial charge in [0.1, 0.15) is 0 Å². The Morgan fingerprint density at radius 2 is 2.25 bits per heavy atom. The summed E-state index contributed by atoms with van der Waals surface area (Å²) in [6.45, 7) is 4.45. The summed E-state index contributed by atoms with van der Waals surface area (Å²) in [6.07, 6.45) is 8.94. The van der Waals surface area contributed by atoms with Crippen LogP contribution in [0, 0.1) is 18.8 Å². The highest BCUT2D eigenvalue weighted by molar-refractivity contribution is 5.68. The third-order valence-electron chi connectivity index (χ3n) is 3.85. The quantitative estimate of drug-likeness (QED) is 0.776. The fourth-order valence-electron chi connectivity index (χ4n) is 3.05. The molecule has 3 rings (SSSR count). The molecule has 1 fully saturated rings. The van der Waals surface area contributed by atoms with Crippen molar-refractivity contribution in [2.45, 2.75) is 19.8 Å². The topological polar surface area (TPSA) is 24.9 Å². The van der Waals surface area contributed by atoms with Gasteiger partial charge in [0.2, 0.25) is 0 Å². The molecule has 1 aliphatic heterocycles. The van der Waals surface area contributed by atoms with Crippen LogP contribution in [0.3, 0.4) is 0 Å². The van der Waals surface area contributed by atoms with Crippen molar-refractivity contribution in [3.8, 4) is 0 Å². The number of nitrogens with one attached hydrogen (secondary N) is 1. The molecule has 16 heavy (non-hydrogen) atoms. The molecule has 1 aromatic rings. The van der Waals surface area contributed by atoms with Gasteiger partial charge in [0, 0.05) is 24.9 Å². The minimum absolute atomic E-state index is 0.720. The number of aryl methyl sites for hydroxylation is 1. The lowest BCUT2D eigenvalue weighted by Crippen LogP contribution is -2.17. The van der Waals surface area contributed by atoms with E-state index in [4.69, 9.17) is 0 Å². The number of rotatable bonds is 1. The normalized spacial score (nSPS) is 28.7. The molecule has 84 valence electrons. The van der Waals surface area contributed by atoms with Crippen molar-refractivity contribution in [3.05, 3.63) is 35.7 Å². The summed E-state index contributed by atoms with van der Waals surface area (Å²) in [6, 6.07) is 2.26. The number of allylic oxidation sites excluding steroid dienone is 1. The SMILES string of the molecule is Cc1cncc(C2=CCC[C@@H]3CNC[C@H]23)c1. The van der Waals surface area contributed by atoms with Gasteiger partial charge in [-0.05, 0) is 55.0 Å². The smallest absolute Gasteiger partial charge is 0.0343 e. The van der Waals surface area contributed by atoms with E-state index in [9.17, 15) is 0 Å². The first-order valence-electron chi connectivity index (χ1n) is 6.17. The molecule has 2 aliphatic rings. The van der Waals surface area contributed by atoms with Crippen molar-refractivity contribution in [2.75, 3.05) is 13.1 Å². The Morgan fingerprint density at radius 1 is 1.31 bits per heavy atom. The Labute approximate surface area is 96.8 Å². The van der Waals surface area contributed by atoms with E-state index in [2.05, 4.69) is 29.4 Å². The second kappa shape index (κ2) is 4.02. The monoisotopic (exact) mass is 214 g/mol. The molecule has 2 nitrogen and oxygen atoms in total. The highest BCUT2D eigenvalue weighted by atomic mass is 14.9. The van der Waals surface area contributed by atoms with E-state index < -0.39 is 0 Å². The number of nitrogens with zero attached hydrogens (tertiary/aromatic N) is 1. The van der Waals surface area contributed by atoms with Gasteiger partial charge in [-0.15, -0.1) is 0 Å². The van der Waals surface area contributed by atoms with E-state index in [0.29, 0.717) is 0 Å². The first-order chi connectivity index (χ1) is 7.84. The molecule has 0 aromatic carbocycles. The zero-order chi connectivity index (χ0) is 11.0. The molecular formula is C14H18N2. The van der Waals surface area contributed by atoms with Gasteiger partial charge in [-0.3, -0.25) is 4.98 Å². The molecule has 0 saturated carbocycles. The van der Waals surface area contributed by atoms with Crippen LogP contribution in [0.25, 0.3) is 5.57 Å². The highest BCUT2D eigenvalue weighted by Crippen LogP contribution is 2.38. The lowest BCUT2D eigenvalue weighted by Gasteiger charge is -2.26. The second-order valence-electron chi connectivity index (χ2n) is 5.01. The first kappa shape index (κ1) is 10.0. The van der Waals surface area contributed by atoms with Crippen LogP contribution in [0.15, 0.2) is 24.5 Å². The maximum Gasteiger partial charge on any atom is 0.0343 e. The molecule has 2 heterocycles. The standard InChI is InChI=1S/C14H18N2/c1-10-5-12(8-15-6-10)13-4-2-3-11-7-16-9-14(11)13/h4-6,8,11,14,16H,2-3,7,9H2,1H3/t11-,14+/m1/s1. The zero-order valence-electron chi connectivity index (χ0n) is 9.74. The van der Waals surface area contributed by atoms with Gasteiger partial charge in [0.25, 0.3) is 0 Å². The van der Waals surface area contributed by atoms with Gasteiger partial charge < -0.3 is 5.32 Å². The minimum Gasteiger partial charge on any atom is -0.316 e. The molecular weight excluding hydrogens is 196 g/mol. The van der Waals surface area contributed by atoms with Gasteiger partial charge in [-0.25, -0.2) is 0 Å². The van der Waals surface area contributed by atoms with Crippen LogP contribution < -0.4 is 5.32 Å². The zero-order valence-corrected chi connectivity index (χ0v) is 9.74. The average molecular weight is 214 g/mol. The van der Waals surface area contributed by atoms with Gasteiger partial charge in [0.15, 0.2) is 0 Å². The Hall–Kier alpha value is -1.15. The van der Waals surface area contributed by atoms with Crippen LogP contribution in [0.1, 0.15) is 24.0 Å². The van der Waals surface area contributed by atoms with E-state index in [1.807, 2.05) is 12.4 Å². The summed E-state index contributed by atoms with van der Waals surface area (Å²) in [5.41, 5.74) is 4.11. The predicted molar refractivity (Wildman–Crippen MR) is 66.0 cm³/mol. The number of hydrogen-bond acceptors (Lipinski definition) is 2. The van der Waals surface area contributed by atoms with Crippen molar-refractivity contribution in [2.24, 2.45) is 11.8 Å². The summed E-state index contributed by atoms with van der Waals surface area (Å²) in [5, 5.41) is 3.52. The summed E-state index contributed by atoms with van der Waals surface area (Å²) >= 11 is 0. The maximum absolute atomic E-state index is 4.31. The molecule has 0 spiro atoms. The largest absolute Gasteiger partial charge is 0.316 e. The van der Waals surface area contributed by atoms with Crippen molar-refractivity contribution in [3.63, 3.8) is 0 Å². The Balaban J connectivity index is 1.96. The third kappa shape index (κ3) is 1.67. The van der Waals surface area contributed by atoms with E-state index in [-0.39, 0.29) is 0 Å². The van der Waals surface area contributed by atoms with Gasteiger partial charge in [0.05, 0.1) is 0 Å². The highest BCUT2D eigenvalue weighted by Gasteiger charge is 2.32. The predicted octanol–water partition coefficient (Wildman–Crippen LogP) is 2.40. The fraction of sp³-hybridized carbons (Fsp3) is 0.500. The van der Waals surface area contributed by atoms with Crippen molar-refractivity contribution in [1.82, 2.24) is 10.3 Å². The molecule has 1 aromatic heterocycles. The Bertz CT molecular complexity index is 422. The van der Waals surface area contributed by atoms with Crippen LogP contribution in [-0.2, 0) is 0 Å². The fourth-order valence-corrected chi connectivity index (χ4v) is 3.05. The van der Waals surface area contributed by atoms with Gasteiger partial charge >= 0.3 is 0 Å². The van der Waals surface area contributed by atoms with E-state index >= 15 is 0 Å². The summed E-state index contributed by atoms with van der Waals surface area (Å²) in [4.78, 5) is 4.31. The van der Waals surface area contributed by atoms with Crippen LogP contribution in [0.5, 0.6) is 0 Å². The maximum atomic E-state index is 4.31. The Kier molecular flexibility index (Phi) is 2.52. The average Bonchev–Trinajstić information content (AvgIpc) is 2.76. The number of hydrogen-bond donors (Lipinski definition) is 1. The Morgan fingerprint density at radius 3 is 3.12 bits per heavy atom.